The van der Waals surface area contributed by atoms with E-state index < -0.39 is 0 Å². The molecule has 0 aromatic carbocycles. The van der Waals surface area contributed by atoms with Gasteiger partial charge in [-0.05, 0) is 51.4 Å². The minimum Gasteiger partial charge on any atom is -0.309 e. The number of hydrogen-bond acceptors (Lipinski definition) is 7. The predicted molar refractivity (Wildman–Crippen MR) is 115 cm³/mol. The first-order valence-corrected chi connectivity index (χ1v) is 11.2. The Morgan fingerprint density at radius 1 is 1.46 bits per heavy atom. The summed E-state index contributed by atoms with van der Waals surface area (Å²) in [5.41, 5.74) is 0.851. The fourth-order valence-corrected chi connectivity index (χ4v) is 5.01. The average molecular weight is 437 g/mol. The SMILES string of the molecule is Cc1sc2nc(CS[C@H](C)C(=O)Nc3n[nH]c(=S)n3C3CC3)[nH]c(=O)c2c1C. The van der Waals surface area contributed by atoms with Crippen LogP contribution in [0.25, 0.3) is 10.2 Å². The smallest absolute Gasteiger partial charge is 0.259 e. The molecule has 0 radical (unpaired) electrons. The second kappa shape index (κ2) is 7.45. The molecule has 3 heterocycles. The van der Waals surface area contributed by atoms with Crippen LogP contribution in [0.5, 0.6) is 0 Å². The van der Waals surface area contributed by atoms with Gasteiger partial charge in [-0.1, -0.05) is 0 Å². The van der Waals surface area contributed by atoms with E-state index in [2.05, 4.69) is 25.5 Å². The fourth-order valence-electron chi connectivity index (χ4n) is 2.92. The van der Waals surface area contributed by atoms with E-state index in [0.29, 0.717) is 33.7 Å². The molecule has 0 unspecified atom stereocenters. The maximum Gasteiger partial charge on any atom is 0.259 e. The average Bonchev–Trinajstić information content (AvgIpc) is 3.35. The van der Waals surface area contributed by atoms with Crippen LogP contribution >= 0.6 is 35.3 Å². The summed E-state index contributed by atoms with van der Waals surface area (Å²) >= 11 is 8.16. The lowest BCUT2D eigenvalue weighted by molar-refractivity contribution is -0.115. The molecule has 4 rings (SSSR count). The molecular weight excluding hydrogens is 416 g/mol. The molecule has 1 fully saturated rings. The van der Waals surface area contributed by atoms with Crippen LogP contribution in [0.4, 0.5) is 5.95 Å². The van der Waals surface area contributed by atoms with Crippen molar-refractivity contribution in [2.75, 3.05) is 5.32 Å². The number of aromatic amines is 2. The molecule has 3 N–H and O–H groups in total. The van der Waals surface area contributed by atoms with Gasteiger partial charge in [0, 0.05) is 10.9 Å². The zero-order chi connectivity index (χ0) is 20.0. The molecule has 0 aliphatic heterocycles. The first-order chi connectivity index (χ1) is 13.3. The normalized spacial score (nSPS) is 15.1. The second-order valence-electron chi connectivity index (χ2n) is 6.87. The number of anilines is 1. The van der Waals surface area contributed by atoms with Crippen LogP contribution in [0.1, 0.15) is 42.1 Å². The number of amides is 1. The van der Waals surface area contributed by atoms with Crippen molar-refractivity contribution < 1.29 is 4.79 Å². The van der Waals surface area contributed by atoms with Crippen molar-refractivity contribution in [2.45, 2.75) is 50.7 Å². The number of H-pyrrole nitrogens is 2. The van der Waals surface area contributed by atoms with Crippen molar-refractivity contribution in [1.29, 1.82) is 0 Å². The van der Waals surface area contributed by atoms with Crippen molar-refractivity contribution in [1.82, 2.24) is 24.7 Å². The van der Waals surface area contributed by atoms with Crippen molar-refractivity contribution in [2.24, 2.45) is 0 Å². The molecule has 1 saturated carbocycles. The third-order valence-electron chi connectivity index (χ3n) is 4.78. The van der Waals surface area contributed by atoms with E-state index >= 15 is 0 Å². The monoisotopic (exact) mass is 436 g/mol. The number of nitrogens with zero attached hydrogens (tertiary/aromatic N) is 3. The predicted octanol–water partition coefficient (Wildman–Crippen LogP) is 3.45. The van der Waals surface area contributed by atoms with Crippen molar-refractivity contribution >= 4 is 57.4 Å². The van der Waals surface area contributed by atoms with Crippen LogP contribution in [-0.2, 0) is 10.5 Å². The summed E-state index contributed by atoms with van der Waals surface area (Å²) in [5, 5.41) is 10.0. The highest BCUT2D eigenvalue weighted by Gasteiger charge is 2.28. The first kappa shape index (κ1) is 19.3. The third kappa shape index (κ3) is 3.65. The summed E-state index contributed by atoms with van der Waals surface area (Å²) in [6, 6.07) is 0.322. The summed E-state index contributed by atoms with van der Waals surface area (Å²) in [6.07, 6.45) is 2.09. The van der Waals surface area contributed by atoms with Gasteiger partial charge in [-0.2, -0.15) is 0 Å². The van der Waals surface area contributed by atoms with Gasteiger partial charge in [0.15, 0.2) is 4.77 Å². The summed E-state index contributed by atoms with van der Waals surface area (Å²) in [5.74, 6) is 1.31. The minimum atomic E-state index is -0.342. The topological polar surface area (TPSA) is 108 Å². The van der Waals surface area contributed by atoms with Gasteiger partial charge in [-0.3, -0.25) is 19.5 Å². The number of aryl methyl sites for hydroxylation is 2. The highest BCUT2D eigenvalue weighted by atomic mass is 32.2. The van der Waals surface area contributed by atoms with Gasteiger partial charge in [0.1, 0.15) is 10.7 Å². The number of hydrogen-bond donors (Lipinski definition) is 3. The van der Waals surface area contributed by atoms with Crippen LogP contribution in [0.2, 0.25) is 0 Å². The van der Waals surface area contributed by atoms with E-state index in [1.807, 2.05) is 25.3 Å². The van der Waals surface area contributed by atoms with E-state index in [4.69, 9.17) is 12.2 Å². The van der Waals surface area contributed by atoms with Crippen LogP contribution in [0.15, 0.2) is 4.79 Å². The third-order valence-corrected chi connectivity index (χ3v) is 7.32. The molecule has 1 aliphatic rings. The van der Waals surface area contributed by atoms with E-state index in [1.165, 1.54) is 23.1 Å². The van der Waals surface area contributed by atoms with Gasteiger partial charge < -0.3 is 4.98 Å². The van der Waals surface area contributed by atoms with Crippen LogP contribution in [0, 0.1) is 18.6 Å². The molecule has 148 valence electrons. The highest BCUT2D eigenvalue weighted by Crippen LogP contribution is 2.37. The Balaban J connectivity index is 1.43. The fraction of sp³-hybridized carbons (Fsp3) is 0.471. The molecule has 3 aromatic rings. The zero-order valence-corrected chi connectivity index (χ0v) is 18.1. The maximum atomic E-state index is 12.5. The molecule has 1 atom stereocenters. The Kier molecular flexibility index (Phi) is 5.15. The van der Waals surface area contributed by atoms with Gasteiger partial charge in [0.25, 0.3) is 5.56 Å². The number of fused-ring (bicyclic) bond motifs is 1. The molecule has 0 spiro atoms. The molecule has 0 saturated heterocycles. The largest absolute Gasteiger partial charge is 0.309 e. The molecule has 28 heavy (non-hydrogen) atoms. The van der Waals surface area contributed by atoms with Crippen LogP contribution < -0.4 is 10.9 Å². The first-order valence-electron chi connectivity index (χ1n) is 8.93. The molecule has 8 nitrogen and oxygen atoms in total. The number of nitrogens with one attached hydrogen (secondary N) is 3. The van der Waals surface area contributed by atoms with Gasteiger partial charge in [-0.15, -0.1) is 28.2 Å². The van der Waals surface area contributed by atoms with Crippen molar-refractivity contribution in [3.8, 4) is 0 Å². The zero-order valence-electron chi connectivity index (χ0n) is 15.7. The van der Waals surface area contributed by atoms with Gasteiger partial charge in [0.05, 0.1) is 16.4 Å². The van der Waals surface area contributed by atoms with Crippen LogP contribution in [-0.4, -0.2) is 35.9 Å². The highest BCUT2D eigenvalue weighted by molar-refractivity contribution is 7.99. The molecule has 3 aromatic heterocycles. The van der Waals surface area contributed by atoms with Crippen LogP contribution in [0.3, 0.4) is 0 Å². The lowest BCUT2D eigenvalue weighted by atomic mass is 10.2. The van der Waals surface area contributed by atoms with E-state index in [0.717, 1.165) is 28.1 Å². The molecule has 11 heteroatoms. The minimum absolute atomic E-state index is 0.125. The Morgan fingerprint density at radius 2 is 2.21 bits per heavy atom. The molecule has 1 aliphatic carbocycles. The van der Waals surface area contributed by atoms with Crippen molar-refractivity contribution in [3.05, 3.63) is 31.4 Å². The maximum absolute atomic E-state index is 12.5. The van der Waals surface area contributed by atoms with E-state index in [9.17, 15) is 9.59 Å². The Hall–Kier alpha value is -1.98. The second-order valence-corrected chi connectivity index (χ2v) is 9.79. The van der Waals surface area contributed by atoms with Gasteiger partial charge >= 0.3 is 0 Å². The molecule has 0 bridgehead atoms. The van der Waals surface area contributed by atoms with E-state index in [1.54, 1.807) is 0 Å². The Labute approximate surface area is 174 Å². The quantitative estimate of drug-likeness (QED) is 0.511. The lowest BCUT2D eigenvalue weighted by Gasteiger charge is -2.12. The number of carbonyl (C=O) groups excluding carboxylic acids is 1. The number of thioether (sulfide) groups is 1. The summed E-state index contributed by atoms with van der Waals surface area (Å²) in [4.78, 5) is 34.1. The number of aromatic nitrogens is 5. The number of carbonyl (C=O) groups is 1. The Morgan fingerprint density at radius 3 is 2.93 bits per heavy atom. The van der Waals surface area contributed by atoms with Gasteiger partial charge in [-0.25, -0.2) is 10.1 Å². The summed E-state index contributed by atoms with van der Waals surface area (Å²) in [6.45, 7) is 5.74. The molecule has 1 amide bonds. The molecular formula is C17H20N6O2S3. The number of rotatable bonds is 6. The van der Waals surface area contributed by atoms with Crippen molar-refractivity contribution in [3.63, 3.8) is 0 Å². The summed E-state index contributed by atoms with van der Waals surface area (Å²) in [7, 11) is 0. The van der Waals surface area contributed by atoms with Gasteiger partial charge in [0.2, 0.25) is 11.9 Å². The lowest BCUT2D eigenvalue weighted by Crippen LogP contribution is -2.25. The standard InChI is InChI=1S/C17H20N6O2S3/c1-7-8(2)28-15-12(7)14(25)18-11(19-15)6-27-9(3)13(24)20-16-21-22-17(26)23(16)10-4-5-10/h9-10H,4-6H2,1-3H3,(H,22,26)(H,18,19,25)(H,20,21,24)/t9-/m1/s1. The summed E-state index contributed by atoms with van der Waals surface area (Å²) < 4.78 is 2.38. The van der Waals surface area contributed by atoms with E-state index in [-0.39, 0.29) is 16.7 Å². The number of thiophene rings is 1. The Bertz CT molecular complexity index is 1170.